The topological polar surface area (TPSA) is 41.5 Å². The molecule has 3 nitrogen and oxygen atoms in total. The molecule has 0 radical (unpaired) electrons. The van der Waals surface area contributed by atoms with E-state index in [1.54, 1.807) is 0 Å². The maximum atomic E-state index is 9.53. The minimum atomic E-state index is -0.300. The largest absolute Gasteiger partial charge is 0.394 e. The van der Waals surface area contributed by atoms with E-state index in [-0.39, 0.29) is 12.1 Å². The van der Waals surface area contributed by atoms with Crippen molar-refractivity contribution in [2.24, 2.45) is 0 Å². The molecule has 16 heavy (non-hydrogen) atoms. The Morgan fingerprint density at radius 2 is 2.38 bits per heavy atom. The van der Waals surface area contributed by atoms with Gasteiger partial charge in [0.15, 0.2) is 0 Å². The lowest BCUT2D eigenvalue weighted by molar-refractivity contribution is 0.0217. The van der Waals surface area contributed by atoms with Gasteiger partial charge in [-0.1, -0.05) is 12.1 Å². The van der Waals surface area contributed by atoms with Crippen molar-refractivity contribution in [1.82, 2.24) is 0 Å². The van der Waals surface area contributed by atoms with Gasteiger partial charge in [0.1, 0.15) is 0 Å². The second kappa shape index (κ2) is 4.85. The quantitative estimate of drug-likeness (QED) is 0.819. The molecule has 0 bridgehead atoms. The summed E-state index contributed by atoms with van der Waals surface area (Å²) in [6.45, 7) is 3.56. The summed E-state index contributed by atoms with van der Waals surface area (Å²) >= 11 is 0. The molecule has 0 aromatic heterocycles. The Bertz CT molecular complexity index is 346. The fraction of sp³-hybridized carbons (Fsp3) is 0.538. The minimum Gasteiger partial charge on any atom is -0.394 e. The number of aliphatic hydroxyl groups excluding tert-OH is 1. The van der Waals surface area contributed by atoms with Crippen LogP contribution in [-0.2, 0) is 4.74 Å². The van der Waals surface area contributed by atoms with Crippen LogP contribution in [0.25, 0.3) is 0 Å². The van der Waals surface area contributed by atoms with Crippen LogP contribution in [0.3, 0.4) is 0 Å². The van der Waals surface area contributed by atoms with Gasteiger partial charge in [-0.2, -0.15) is 0 Å². The first-order valence-electron chi connectivity index (χ1n) is 5.78. The number of hydrogen-bond donors (Lipinski definition) is 2. The summed E-state index contributed by atoms with van der Waals surface area (Å²) in [5.41, 5.74) is 1.97. The Balaban J connectivity index is 2.11. The summed E-state index contributed by atoms with van der Waals surface area (Å²) in [5.74, 6) is 0. The zero-order valence-electron chi connectivity index (χ0n) is 9.70. The molecule has 1 fully saturated rings. The molecular weight excluding hydrogens is 202 g/mol. The SMILES string of the molecule is Cc1cccc(NC2(CO)CCCOC2)c1. The number of hydrogen-bond acceptors (Lipinski definition) is 3. The third-order valence-corrected chi connectivity index (χ3v) is 3.05. The third kappa shape index (κ3) is 2.54. The van der Waals surface area contributed by atoms with Gasteiger partial charge in [-0.15, -0.1) is 0 Å². The Hall–Kier alpha value is -1.06. The van der Waals surface area contributed by atoms with Crippen molar-refractivity contribution >= 4 is 5.69 Å². The second-order valence-electron chi connectivity index (χ2n) is 4.59. The third-order valence-electron chi connectivity index (χ3n) is 3.05. The smallest absolute Gasteiger partial charge is 0.0838 e. The van der Waals surface area contributed by atoms with Gasteiger partial charge >= 0.3 is 0 Å². The molecule has 2 N–H and O–H groups in total. The summed E-state index contributed by atoms with van der Waals surface area (Å²) in [6.07, 6.45) is 1.96. The molecule has 0 spiro atoms. The summed E-state index contributed by atoms with van der Waals surface area (Å²) in [4.78, 5) is 0. The van der Waals surface area contributed by atoms with E-state index >= 15 is 0 Å². The standard InChI is InChI=1S/C13H19NO2/c1-11-4-2-5-12(8-11)14-13(9-15)6-3-7-16-10-13/h2,4-5,8,14-15H,3,6-7,9-10H2,1H3. The number of aryl methyl sites for hydroxylation is 1. The van der Waals surface area contributed by atoms with Gasteiger partial charge in [0, 0.05) is 12.3 Å². The van der Waals surface area contributed by atoms with E-state index in [0.29, 0.717) is 6.61 Å². The zero-order valence-corrected chi connectivity index (χ0v) is 9.70. The summed E-state index contributed by atoms with van der Waals surface area (Å²) in [6, 6.07) is 8.20. The summed E-state index contributed by atoms with van der Waals surface area (Å²) < 4.78 is 5.46. The molecule has 1 aliphatic heterocycles. The van der Waals surface area contributed by atoms with Crippen LogP contribution < -0.4 is 5.32 Å². The Labute approximate surface area is 96.4 Å². The highest BCUT2D eigenvalue weighted by Gasteiger charge is 2.31. The zero-order chi connectivity index (χ0) is 11.4. The Morgan fingerprint density at radius 3 is 3.00 bits per heavy atom. The lowest BCUT2D eigenvalue weighted by Crippen LogP contribution is -2.49. The molecule has 0 amide bonds. The summed E-state index contributed by atoms with van der Waals surface area (Å²) in [7, 11) is 0. The number of ether oxygens (including phenoxy) is 1. The average molecular weight is 221 g/mol. The number of aliphatic hydroxyl groups is 1. The molecule has 1 unspecified atom stereocenters. The lowest BCUT2D eigenvalue weighted by Gasteiger charge is -2.37. The summed E-state index contributed by atoms with van der Waals surface area (Å²) in [5, 5.41) is 12.9. The fourth-order valence-electron chi connectivity index (χ4n) is 2.14. The molecule has 3 heteroatoms. The molecule has 88 valence electrons. The van der Waals surface area contributed by atoms with Crippen LogP contribution in [0, 0.1) is 6.92 Å². The van der Waals surface area contributed by atoms with Crippen LogP contribution in [0.2, 0.25) is 0 Å². The number of anilines is 1. The van der Waals surface area contributed by atoms with Crippen LogP contribution >= 0.6 is 0 Å². The van der Waals surface area contributed by atoms with Crippen molar-refractivity contribution in [1.29, 1.82) is 0 Å². The van der Waals surface area contributed by atoms with E-state index < -0.39 is 0 Å². The normalized spacial score (nSPS) is 25.4. The van der Waals surface area contributed by atoms with Crippen molar-refractivity contribution in [3.8, 4) is 0 Å². The van der Waals surface area contributed by atoms with Crippen LogP contribution in [0.4, 0.5) is 5.69 Å². The van der Waals surface area contributed by atoms with E-state index in [2.05, 4.69) is 24.4 Å². The van der Waals surface area contributed by atoms with Crippen molar-refractivity contribution in [3.05, 3.63) is 29.8 Å². The van der Waals surface area contributed by atoms with Crippen LogP contribution in [-0.4, -0.2) is 30.5 Å². The first-order valence-corrected chi connectivity index (χ1v) is 5.78. The van der Waals surface area contributed by atoms with Crippen molar-refractivity contribution in [2.75, 3.05) is 25.1 Å². The van der Waals surface area contributed by atoms with Crippen LogP contribution in [0.15, 0.2) is 24.3 Å². The first kappa shape index (κ1) is 11.4. The number of benzene rings is 1. The molecule has 0 saturated carbocycles. The fourth-order valence-corrected chi connectivity index (χ4v) is 2.14. The number of rotatable bonds is 3. The Kier molecular flexibility index (Phi) is 3.46. The van der Waals surface area contributed by atoms with E-state index in [9.17, 15) is 5.11 Å². The van der Waals surface area contributed by atoms with E-state index in [0.717, 1.165) is 25.1 Å². The van der Waals surface area contributed by atoms with Gasteiger partial charge in [-0.3, -0.25) is 0 Å². The Morgan fingerprint density at radius 1 is 1.50 bits per heavy atom. The van der Waals surface area contributed by atoms with E-state index in [1.165, 1.54) is 5.56 Å². The highest BCUT2D eigenvalue weighted by molar-refractivity contribution is 5.48. The predicted molar refractivity (Wildman–Crippen MR) is 64.7 cm³/mol. The van der Waals surface area contributed by atoms with Crippen LogP contribution in [0.5, 0.6) is 0 Å². The molecule has 1 aliphatic rings. The molecule has 2 rings (SSSR count). The molecular formula is C13H19NO2. The molecule has 1 aromatic rings. The van der Waals surface area contributed by atoms with E-state index in [4.69, 9.17) is 4.74 Å². The first-order chi connectivity index (χ1) is 7.74. The highest BCUT2D eigenvalue weighted by atomic mass is 16.5. The molecule has 1 aromatic carbocycles. The van der Waals surface area contributed by atoms with Gasteiger partial charge in [-0.25, -0.2) is 0 Å². The molecule has 0 aliphatic carbocycles. The van der Waals surface area contributed by atoms with Gasteiger partial charge in [0.2, 0.25) is 0 Å². The van der Waals surface area contributed by atoms with Crippen LogP contribution in [0.1, 0.15) is 18.4 Å². The minimum absolute atomic E-state index is 0.112. The highest BCUT2D eigenvalue weighted by Crippen LogP contribution is 2.24. The molecule has 1 heterocycles. The van der Waals surface area contributed by atoms with Gasteiger partial charge in [-0.05, 0) is 37.5 Å². The monoisotopic (exact) mass is 221 g/mol. The van der Waals surface area contributed by atoms with Gasteiger partial charge < -0.3 is 15.2 Å². The molecule has 1 saturated heterocycles. The van der Waals surface area contributed by atoms with Crippen molar-refractivity contribution in [2.45, 2.75) is 25.3 Å². The maximum absolute atomic E-state index is 9.53. The predicted octanol–water partition coefficient (Wildman–Crippen LogP) is 1.95. The van der Waals surface area contributed by atoms with Gasteiger partial charge in [0.05, 0.1) is 18.8 Å². The number of nitrogens with one attached hydrogen (secondary N) is 1. The lowest BCUT2D eigenvalue weighted by atomic mass is 9.93. The average Bonchev–Trinajstić information content (AvgIpc) is 2.30. The molecule has 1 atom stereocenters. The van der Waals surface area contributed by atoms with E-state index in [1.807, 2.05) is 12.1 Å². The second-order valence-corrected chi connectivity index (χ2v) is 4.59. The van der Waals surface area contributed by atoms with Crippen molar-refractivity contribution in [3.63, 3.8) is 0 Å². The van der Waals surface area contributed by atoms with Crippen molar-refractivity contribution < 1.29 is 9.84 Å². The maximum Gasteiger partial charge on any atom is 0.0838 e. The van der Waals surface area contributed by atoms with Gasteiger partial charge in [0.25, 0.3) is 0 Å².